The van der Waals surface area contributed by atoms with Gasteiger partial charge in [-0.3, -0.25) is 5.32 Å². The van der Waals surface area contributed by atoms with Crippen LogP contribution < -0.4 is 15.0 Å². The van der Waals surface area contributed by atoms with Crippen LogP contribution in [0.3, 0.4) is 0 Å². The van der Waals surface area contributed by atoms with Crippen molar-refractivity contribution < 1.29 is 19.4 Å². The third-order valence-corrected chi connectivity index (χ3v) is 5.21. The van der Waals surface area contributed by atoms with Crippen LogP contribution >= 0.6 is 11.8 Å². The monoisotopic (exact) mass is 360 g/mol. The molecule has 0 radical (unpaired) electrons. The molecule has 3 rings (SSSR count). The van der Waals surface area contributed by atoms with Crippen LogP contribution in [0.1, 0.15) is 5.56 Å². The number of nitrogens with zero attached hydrogens (tertiary/aromatic N) is 1. The smallest absolute Gasteiger partial charge is 0.411 e. The highest BCUT2D eigenvalue weighted by Gasteiger charge is 2.29. The minimum atomic E-state index is -0.504. The maximum atomic E-state index is 11.3. The second-order valence-electron chi connectivity index (χ2n) is 5.56. The summed E-state index contributed by atoms with van der Waals surface area (Å²) in [5, 5.41) is 12.3. The number of hydrogen-bond acceptors (Lipinski definition) is 6. The number of anilines is 2. The molecule has 2 N–H and O–H groups in total. The molecule has 2 aromatic rings. The van der Waals surface area contributed by atoms with Gasteiger partial charge in [0, 0.05) is 10.6 Å². The number of para-hydroxylation sites is 1. The molecule has 132 valence electrons. The normalized spacial score (nSPS) is 15.6. The van der Waals surface area contributed by atoms with E-state index in [0.717, 1.165) is 16.1 Å². The van der Waals surface area contributed by atoms with Crippen molar-refractivity contribution in [3.05, 3.63) is 48.0 Å². The fourth-order valence-corrected chi connectivity index (χ4v) is 3.85. The Balaban J connectivity index is 1.64. The summed E-state index contributed by atoms with van der Waals surface area (Å²) in [6, 6.07) is 13.4. The van der Waals surface area contributed by atoms with Crippen molar-refractivity contribution >= 4 is 29.2 Å². The van der Waals surface area contributed by atoms with Crippen LogP contribution in [-0.2, 0) is 4.74 Å². The molecule has 1 amide bonds. The van der Waals surface area contributed by atoms with E-state index < -0.39 is 6.09 Å². The van der Waals surface area contributed by atoms with Crippen molar-refractivity contribution in [3.8, 4) is 5.75 Å². The van der Waals surface area contributed by atoms with Gasteiger partial charge in [-0.1, -0.05) is 23.9 Å². The second kappa shape index (κ2) is 7.67. The first-order valence-corrected chi connectivity index (χ1v) is 8.72. The molecule has 0 saturated heterocycles. The third-order valence-electron chi connectivity index (χ3n) is 3.95. The van der Waals surface area contributed by atoms with Gasteiger partial charge in [0.1, 0.15) is 24.5 Å². The maximum Gasteiger partial charge on any atom is 0.411 e. The van der Waals surface area contributed by atoms with Crippen LogP contribution in [-0.4, -0.2) is 37.0 Å². The van der Waals surface area contributed by atoms with Gasteiger partial charge in [-0.25, -0.2) is 4.79 Å². The van der Waals surface area contributed by atoms with Crippen LogP contribution in [0.25, 0.3) is 0 Å². The number of nitrogens with one attached hydrogen (secondary N) is 1. The Morgan fingerprint density at radius 1 is 1.32 bits per heavy atom. The molecule has 1 heterocycles. The highest BCUT2D eigenvalue weighted by molar-refractivity contribution is 8.00. The Labute approximate surface area is 150 Å². The Hall–Kier alpha value is -2.38. The zero-order chi connectivity index (χ0) is 17.8. The Morgan fingerprint density at radius 2 is 2.12 bits per heavy atom. The number of fused-ring (bicyclic) bond motifs is 1. The van der Waals surface area contributed by atoms with Crippen molar-refractivity contribution in [2.75, 3.05) is 30.7 Å². The quantitative estimate of drug-likeness (QED) is 0.851. The Kier molecular flexibility index (Phi) is 5.35. The Bertz CT molecular complexity index is 768. The van der Waals surface area contributed by atoms with Crippen molar-refractivity contribution in [1.29, 1.82) is 0 Å². The molecule has 1 aliphatic heterocycles. The van der Waals surface area contributed by atoms with E-state index in [2.05, 4.69) is 10.1 Å². The first-order valence-electron chi connectivity index (χ1n) is 7.84. The number of carbonyl (C=O) groups is 1. The molecular weight excluding hydrogens is 340 g/mol. The fraction of sp³-hybridized carbons (Fsp3) is 0.278. The van der Waals surface area contributed by atoms with Crippen molar-refractivity contribution in [2.45, 2.75) is 17.2 Å². The summed E-state index contributed by atoms with van der Waals surface area (Å²) >= 11 is 1.67. The van der Waals surface area contributed by atoms with Crippen molar-refractivity contribution in [2.24, 2.45) is 0 Å². The molecule has 1 unspecified atom stereocenters. The minimum Gasteiger partial charge on any atom is -0.491 e. The molecule has 1 atom stereocenters. The summed E-state index contributed by atoms with van der Waals surface area (Å²) in [6.45, 7) is 2.26. The molecule has 25 heavy (non-hydrogen) atoms. The van der Waals surface area contributed by atoms with E-state index in [4.69, 9.17) is 4.74 Å². The average molecular weight is 360 g/mol. The molecule has 0 aromatic heterocycles. The number of methoxy groups -OCH3 is 1. The van der Waals surface area contributed by atoms with Gasteiger partial charge in [-0.15, -0.1) is 0 Å². The number of hydrogen-bond donors (Lipinski definition) is 2. The van der Waals surface area contributed by atoms with Crippen molar-refractivity contribution in [3.63, 3.8) is 0 Å². The van der Waals surface area contributed by atoms with Gasteiger partial charge in [0.25, 0.3) is 0 Å². The number of ether oxygens (including phenoxy) is 2. The zero-order valence-electron chi connectivity index (χ0n) is 14.1. The number of aryl methyl sites for hydroxylation is 1. The minimum absolute atomic E-state index is 0.00979. The molecule has 0 fully saturated rings. The van der Waals surface area contributed by atoms with Crippen LogP contribution in [0.4, 0.5) is 16.2 Å². The molecule has 0 bridgehead atoms. The second-order valence-corrected chi connectivity index (χ2v) is 6.78. The lowest BCUT2D eigenvalue weighted by atomic mass is 10.2. The number of amides is 1. The predicted molar refractivity (Wildman–Crippen MR) is 98.4 cm³/mol. The largest absolute Gasteiger partial charge is 0.491 e. The lowest BCUT2D eigenvalue weighted by Gasteiger charge is -2.24. The van der Waals surface area contributed by atoms with Gasteiger partial charge < -0.3 is 19.5 Å². The highest BCUT2D eigenvalue weighted by Crippen LogP contribution is 2.42. The maximum absolute atomic E-state index is 11.3. The standard InChI is InChI=1S/C18H20N2O4S/c1-12-9-13(7-8-14(12)19-18(22)23-2)24-10-17-20(11-21)15-5-3-4-6-16(15)25-17/h3-9,17,21H,10-11H2,1-2H3,(H,19,22). The lowest BCUT2D eigenvalue weighted by Crippen LogP contribution is -2.34. The summed E-state index contributed by atoms with van der Waals surface area (Å²) in [5.74, 6) is 0.711. The van der Waals surface area contributed by atoms with E-state index in [1.807, 2.05) is 42.2 Å². The molecule has 0 spiro atoms. The van der Waals surface area contributed by atoms with Crippen LogP contribution in [0.5, 0.6) is 5.75 Å². The third kappa shape index (κ3) is 3.83. The molecule has 1 aliphatic rings. The van der Waals surface area contributed by atoms with Gasteiger partial charge in [-0.05, 0) is 42.8 Å². The summed E-state index contributed by atoms with van der Waals surface area (Å²) in [7, 11) is 1.33. The van der Waals surface area contributed by atoms with Gasteiger partial charge in [0.2, 0.25) is 0 Å². The molecule has 7 heteroatoms. The number of carbonyl (C=O) groups excluding carboxylic acids is 1. The van der Waals surface area contributed by atoms with Crippen LogP contribution in [0.2, 0.25) is 0 Å². The summed E-state index contributed by atoms with van der Waals surface area (Å²) in [5.41, 5.74) is 2.58. The first kappa shape index (κ1) is 17.4. The summed E-state index contributed by atoms with van der Waals surface area (Å²) < 4.78 is 10.5. The SMILES string of the molecule is COC(=O)Nc1ccc(OCC2Sc3ccccc3N2CO)cc1C. The lowest BCUT2D eigenvalue weighted by molar-refractivity contribution is 0.187. The molecular formula is C18H20N2O4S. The van der Waals surface area contributed by atoms with Gasteiger partial charge in [-0.2, -0.15) is 0 Å². The summed E-state index contributed by atoms with van der Waals surface area (Å²) in [6.07, 6.45) is -0.504. The molecule has 6 nitrogen and oxygen atoms in total. The molecule has 0 saturated carbocycles. The number of rotatable bonds is 5. The molecule has 0 aliphatic carbocycles. The number of benzene rings is 2. The highest BCUT2D eigenvalue weighted by atomic mass is 32.2. The average Bonchev–Trinajstić information content (AvgIpc) is 2.99. The first-order chi connectivity index (χ1) is 12.1. The van der Waals surface area contributed by atoms with Crippen LogP contribution in [0, 0.1) is 6.92 Å². The summed E-state index contributed by atoms with van der Waals surface area (Å²) in [4.78, 5) is 14.4. The van der Waals surface area contributed by atoms with E-state index in [-0.39, 0.29) is 12.1 Å². The number of aliphatic hydroxyl groups excluding tert-OH is 1. The number of thioether (sulfide) groups is 1. The van der Waals surface area contributed by atoms with Crippen molar-refractivity contribution in [1.82, 2.24) is 0 Å². The van der Waals surface area contributed by atoms with E-state index in [1.165, 1.54) is 7.11 Å². The van der Waals surface area contributed by atoms with E-state index in [9.17, 15) is 9.90 Å². The molecule has 2 aromatic carbocycles. The van der Waals surface area contributed by atoms with E-state index in [0.29, 0.717) is 18.0 Å². The topological polar surface area (TPSA) is 71.0 Å². The van der Waals surface area contributed by atoms with Crippen LogP contribution in [0.15, 0.2) is 47.4 Å². The zero-order valence-corrected chi connectivity index (χ0v) is 14.9. The number of aliphatic hydroxyl groups is 1. The van der Waals surface area contributed by atoms with E-state index >= 15 is 0 Å². The van der Waals surface area contributed by atoms with Gasteiger partial charge in [0.05, 0.1) is 12.8 Å². The van der Waals surface area contributed by atoms with Gasteiger partial charge >= 0.3 is 6.09 Å². The Morgan fingerprint density at radius 3 is 2.84 bits per heavy atom. The fourth-order valence-electron chi connectivity index (χ4n) is 2.65. The van der Waals surface area contributed by atoms with Gasteiger partial charge in [0.15, 0.2) is 0 Å². The van der Waals surface area contributed by atoms with E-state index in [1.54, 1.807) is 23.9 Å². The predicted octanol–water partition coefficient (Wildman–Crippen LogP) is 3.44.